The van der Waals surface area contributed by atoms with Crippen LogP contribution in [0, 0.1) is 0 Å². The van der Waals surface area contributed by atoms with Crippen molar-refractivity contribution < 1.29 is 4.79 Å². The number of hydrogen-bond acceptors (Lipinski definition) is 1. The summed E-state index contributed by atoms with van der Waals surface area (Å²) in [6.07, 6.45) is 0.821. The molecule has 0 aliphatic heterocycles. The second-order valence-electron chi connectivity index (χ2n) is 4.14. The fourth-order valence-corrected chi connectivity index (χ4v) is 1.36. The van der Waals surface area contributed by atoms with E-state index in [1.165, 1.54) is 0 Å². The van der Waals surface area contributed by atoms with Crippen molar-refractivity contribution in [3.63, 3.8) is 0 Å². The van der Waals surface area contributed by atoms with Gasteiger partial charge in [0.2, 0.25) is 0 Å². The maximum Gasteiger partial charge on any atom is 0.150 e. The molecule has 0 spiro atoms. The van der Waals surface area contributed by atoms with Crippen LogP contribution < -0.4 is 0 Å². The summed E-state index contributed by atoms with van der Waals surface area (Å²) in [5.74, 6) is 0. The third kappa shape index (κ3) is 2.56. The largest absolute Gasteiger partial charge is 0.298 e. The van der Waals surface area contributed by atoms with Crippen molar-refractivity contribution in [1.29, 1.82) is 0 Å². The summed E-state index contributed by atoms with van der Waals surface area (Å²) in [4.78, 5) is 10.6. The lowest BCUT2D eigenvalue weighted by atomic mass is 9.86. The van der Waals surface area contributed by atoms with Crippen LogP contribution in [0.15, 0.2) is 18.2 Å². The first-order chi connectivity index (χ1) is 5.93. The SMILES string of the molecule is CC(C)(C)c1cc(Cl)cc(C=O)c1. The highest BCUT2D eigenvalue weighted by Crippen LogP contribution is 2.25. The molecule has 0 amide bonds. The Bertz CT molecular complexity index is 323. The van der Waals surface area contributed by atoms with Gasteiger partial charge in [0.1, 0.15) is 6.29 Å². The number of carbonyl (C=O) groups excluding carboxylic acids is 1. The van der Waals surface area contributed by atoms with Crippen molar-refractivity contribution in [2.75, 3.05) is 0 Å². The van der Waals surface area contributed by atoms with E-state index in [9.17, 15) is 4.79 Å². The summed E-state index contributed by atoms with van der Waals surface area (Å²) in [6, 6.07) is 5.44. The standard InChI is InChI=1S/C11H13ClO/c1-11(2,3)9-4-8(7-13)5-10(12)6-9/h4-7H,1-3H3. The van der Waals surface area contributed by atoms with Gasteiger partial charge in [0.05, 0.1) is 0 Å². The van der Waals surface area contributed by atoms with Crippen LogP contribution in [0.2, 0.25) is 5.02 Å². The van der Waals surface area contributed by atoms with E-state index in [0.717, 1.165) is 11.8 Å². The Balaban J connectivity index is 3.24. The third-order valence-corrected chi connectivity index (χ3v) is 2.14. The van der Waals surface area contributed by atoms with E-state index in [0.29, 0.717) is 10.6 Å². The monoisotopic (exact) mass is 196 g/mol. The van der Waals surface area contributed by atoms with E-state index in [4.69, 9.17) is 11.6 Å². The Morgan fingerprint density at radius 1 is 1.23 bits per heavy atom. The topological polar surface area (TPSA) is 17.1 Å². The molecule has 0 radical (unpaired) electrons. The molecule has 1 aromatic carbocycles. The minimum absolute atomic E-state index is 0.0304. The van der Waals surface area contributed by atoms with Crippen LogP contribution in [0.1, 0.15) is 36.7 Å². The van der Waals surface area contributed by atoms with Gasteiger partial charge in [-0.15, -0.1) is 0 Å². The van der Waals surface area contributed by atoms with Crippen LogP contribution in [0.25, 0.3) is 0 Å². The zero-order valence-electron chi connectivity index (χ0n) is 8.10. The summed E-state index contributed by atoms with van der Waals surface area (Å²) in [6.45, 7) is 6.27. The second-order valence-corrected chi connectivity index (χ2v) is 4.58. The van der Waals surface area contributed by atoms with Gasteiger partial charge in [-0.2, -0.15) is 0 Å². The van der Waals surface area contributed by atoms with E-state index in [1.54, 1.807) is 6.07 Å². The Morgan fingerprint density at radius 2 is 1.85 bits per heavy atom. The highest BCUT2D eigenvalue weighted by atomic mass is 35.5. The second kappa shape index (κ2) is 3.51. The molecular weight excluding hydrogens is 184 g/mol. The molecule has 0 heterocycles. The van der Waals surface area contributed by atoms with Crippen LogP contribution in [-0.4, -0.2) is 6.29 Å². The number of aldehydes is 1. The van der Waals surface area contributed by atoms with Gasteiger partial charge in [0.25, 0.3) is 0 Å². The summed E-state index contributed by atoms with van der Waals surface area (Å²) >= 11 is 5.88. The lowest BCUT2D eigenvalue weighted by Crippen LogP contribution is -2.11. The zero-order chi connectivity index (χ0) is 10.1. The summed E-state index contributed by atoms with van der Waals surface area (Å²) in [5, 5.41) is 0.620. The molecule has 0 N–H and O–H groups in total. The molecular formula is C11H13ClO. The number of rotatable bonds is 1. The first kappa shape index (κ1) is 10.3. The molecule has 0 aliphatic rings. The third-order valence-electron chi connectivity index (χ3n) is 1.92. The van der Waals surface area contributed by atoms with E-state index < -0.39 is 0 Å². The molecule has 13 heavy (non-hydrogen) atoms. The van der Waals surface area contributed by atoms with Crippen molar-refractivity contribution >= 4 is 17.9 Å². The number of hydrogen-bond donors (Lipinski definition) is 0. The summed E-state index contributed by atoms with van der Waals surface area (Å²) < 4.78 is 0. The van der Waals surface area contributed by atoms with Crippen molar-refractivity contribution in [2.45, 2.75) is 26.2 Å². The molecule has 70 valence electrons. The van der Waals surface area contributed by atoms with Gasteiger partial charge in [0, 0.05) is 10.6 Å². The number of carbonyl (C=O) groups is 1. The van der Waals surface area contributed by atoms with Crippen LogP contribution in [-0.2, 0) is 5.41 Å². The van der Waals surface area contributed by atoms with Gasteiger partial charge in [0.15, 0.2) is 0 Å². The van der Waals surface area contributed by atoms with Gasteiger partial charge in [-0.1, -0.05) is 32.4 Å². The zero-order valence-corrected chi connectivity index (χ0v) is 8.85. The lowest BCUT2D eigenvalue weighted by Gasteiger charge is -2.19. The molecule has 0 aliphatic carbocycles. The quantitative estimate of drug-likeness (QED) is 0.629. The van der Waals surface area contributed by atoms with E-state index in [2.05, 4.69) is 20.8 Å². The van der Waals surface area contributed by atoms with Gasteiger partial charge in [-0.3, -0.25) is 4.79 Å². The van der Waals surface area contributed by atoms with Crippen molar-refractivity contribution in [2.24, 2.45) is 0 Å². The molecule has 0 atom stereocenters. The van der Waals surface area contributed by atoms with Crippen molar-refractivity contribution in [1.82, 2.24) is 0 Å². The minimum Gasteiger partial charge on any atom is -0.298 e. The predicted octanol–water partition coefficient (Wildman–Crippen LogP) is 3.45. The van der Waals surface area contributed by atoms with Crippen LogP contribution >= 0.6 is 11.6 Å². The van der Waals surface area contributed by atoms with Crippen molar-refractivity contribution in [3.05, 3.63) is 34.3 Å². The fourth-order valence-electron chi connectivity index (χ4n) is 1.11. The molecule has 0 fully saturated rings. The minimum atomic E-state index is 0.0304. The van der Waals surface area contributed by atoms with Crippen LogP contribution in [0.3, 0.4) is 0 Å². The molecule has 0 saturated heterocycles. The number of halogens is 1. The van der Waals surface area contributed by atoms with Crippen molar-refractivity contribution in [3.8, 4) is 0 Å². The molecule has 0 bridgehead atoms. The molecule has 2 heteroatoms. The van der Waals surface area contributed by atoms with Gasteiger partial charge in [-0.05, 0) is 29.2 Å². The molecule has 1 aromatic rings. The fraction of sp³-hybridized carbons (Fsp3) is 0.364. The Kier molecular flexibility index (Phi) is 2.77. The molecule has 1 nitrogen and oxygen atoms in total. The number of benzene rings is 1. The van der Waals surface area contributed by atoms with E-state index >= 15 is 0 Å². The Labute approximate surface area is 83.7 Å². The van der Waals surface area contributed by atoms with Gasteiger partial charge in [-0.25, -0.2) is 0 Å². The maximum atomic E-state index is 10.6. The average Bonchev–Trinajstić information content (AvgIpc) is 2.01. The molecule has 1 rings (SSSR count). The Hall–Kier alpha value is -0.820. The van der Waals surface area contributed by atoms with Crippen LogP contribution in [0.5, 0.6) is 0 Å². The normalized spacial score (nSPS) is 11.4. The first-order valence-corrected chi connectivity index (χ1v) is 4.57. The predicted molar refractivity (Wildman–Crippen MR) is 55.5 cm³/mol. The lowest BCUT2D eigenvalue weighted by molar-refractivity contribution is 0.112. The van der Waals surface area contributed by atoms with Gasteiger partial charge < -0.3 is 0 Å². The highest BCUT2D eigenvalue weighted by Gasteiger charge is 2.14. The molecule has 0 aromatic heterocycles. The smallest absolute Gasteiger partial charge is 0.150 e. The van der Waals surface area contributed by atoms with E-state index in [1.807, 2.05) is 12.1 Å². The summed E-state index contributed by atoms with van der Waals surface area (Å²) in [7, 11) is 0. The summed E-state index contributed by atoms with van der Waals surface area (Å²) in [5.41, 5.74) is 1.75. The Morgan fingerprint density at radius 3 is 2.31 bits per heavy atom. The van der Waals surface area contributed by atoms with Gasteiger partial charge >= 0.3 is 0 Å². The van der Waals surface area contributed by atoms with E-state index in [-0.39, 0.29) is 5.41 Å². The maximum absolute atomic E-state index is 10.6. The van der Waals surface area contributed by atoms with Crippen LogP contribution in [0.4, 0.5) is 0 Å². The molecule has 0 saturated carbocycles. The average molecular weight is 197 g/mol. The highest BCUT2D eigenvalue weighted by molar-refractivity contribution is 6.30. The first-order valence-electron chi connectivity index (χ1n) is 4.20. The molecule has 0 unspecified atom stereocenters.